The molecular weight excluding hydrogens is 774 g/mol. The molecule has 0 radical (unpaired) electrons. The molecule has 0 aliphatic rings. The molecule has 0 saturated heterocycles. The summed E-state index contributed by atoms with van der Waals surface area (Å²) in [6.45, 7) is 28.4. The molecular formula is C16H42Cl4Mn4N2O12. The van der Waals surface area contributed by atoms with Gasteiger partial charge in [0.2, 0.25) is 0 Å². The van der Waals surface area contributed by atoms with Crippen molar-refractivity contribution in [3.8, 4) is 0 Å². The van der Waals surface area contributed by atoms with E-state index in [-0.39, 0.29) is 0 Å². The fourth-order valence-corrected chi connectivity index (χ4v) is 2.68. The van der Waals surface area contributed by atoms with E-state index in [9.17, 15) is 0 Å². The Kier molecular flexibility index (Phi) is 35.7. The van der Waals surface area contributed by atoms with Gasteiger partial charge < -0.3 is 8.97 Å². The Morgan fingerprint density at radius 1 is 0.447 bits per heavy atom. The summed E-state index contributed by atoms with van der Waals surface area (Å²) in [6.07, 6.45) is 0. The van der Waals surface area contributed by atoms with E-state index in [4.69, 9.17) is 47.4 Å². The second kappa shape index (κ2) is 26.1. The average Bonchev–Trinajstić information content (AvgIpc) is 2.68. The molecule has 0 bridgehead atoms. The van der Waals surface area contributed by atoms with Gasteiger partial charge in [-0.3, -0.25) is 0 Å². The minimum atomic E-state index is -4.90. The molecule has 0 spiro atoms. The molecule has 244 valence electrons. The van der Waals surface area contributed by atoms with Gasteiger partial charge in [-0.15, -0.1) is 0 Å². The molecule has 0 heterocycles. The van der Waals surface area contributed by atoms with E-state index in [0.717, 1.165) is 0 Å². The molecule has 0 unspecified atom stereocenters. The van der Waals surface area contributed by atoms with Crippen molar-refractivity contribution < 1.29 is 105 Å². The zero-order chi connectivity index (χ0) is 32.7. The predicted octanol–water partition coefficient (Wildman–Crippen LogP) is 2.07. The first-order chi connectivity index (χ1) is 16.5. The summed E-state index contributed by atoms with van der Waals surface area (Å²) < 4.78 is 107. The van der Waals surface area contributed by atoms with Gasteiger partial charge in [-0.25, -0.2) is 0 Å². The molecule has 0 aliphatic heterocycles. The summed E-state index contributed by atoms with van der Waals surface area (Å²) in [4.78, 5) is 0. The van der Waals surface area contributed by atoms with E-state index in [1.54, 1.807) is 0 Å². The van der Waals surface area contributed by atoms with E-state index >= 15 is 0 Å². The van der Waals surface area contributed by atoms with E-state index in [1.165, 1.54) is 61.3 Å². The maximum atomic E-state index is 9.01. The molecule has 2 N–H and O–H groups in total. The van der Waals surface area contributed by atoms with Crippen LogP contribution in [0.25, 0.3) is 0 Å². The monoisotopic (exact) mass is 814 g/mol. The van der Waals surface area contributed by atoms with Crippen molar-refractivity contribution in [3.63, 3.8) is 0 Å². The Labute approximate surface area is 251 Å². The maximum absolute atomic E-state index is 9.01. The molecule has 0 aliphatic carbocycles. The third kappa shape index (κ3) is 76.8. The molecule has 0 fully saturated rings. The Balaban J connectivity index is -0.0000000829. The van der Waals surface area contributed by atoms with Gasteiger partial charge in [0, 0.05) is 0 Å². The summed E-state index contributed by atoms with van der Waals surface area (Å²) in [5.74, 6) is 0. The van der Waals surface area contributed by atoms with Gasteiger partial charge in [0.05, 0.1) is 52.4 Å². The van der Waals surface area contributed by atoms with Crippen molar-refractivity contribution in [1.29, 1.82) is 0 Å². The van der Waals surface area contributed by atoms with Crippen LogP contribution < -0.4 is 8.38 Å². The summed E-state index contributed by atoms with van der Waals surface area (Å²) in [5.41, 5.74) is 0. The summed E-state index contributed by atoms with van der Waals surface area (Å²) in [7, 11) is 16.2. The van der Waals surface area contributed by atoms with Crippen molar-refractivity contribution in [2.45, 2.75) is 55.4 Å². The second-order valence-corrected chi connectivity index (χ2v) is 17.2. The summed E-state index contributed by atoms with van der Waals surface area (Å²) >= 11 is -19.1. The third-order valence-electron chi connectivity index (χ3n) is 5.37. The number of halogens is 4. The molecule has 38 heavy (non-hydrogen) atoms. The minimum absolute atomic E-state index is 1.28. The number of hydrogen-bond acceptors (Lipinski definition) is 10. The molecule has 14 nitrogen and oxygen atoms in total. The van der Waals surface area contributed by atoms with Crippen molar-refractivity contribution in [2.24, 2.45) is 0 Å². The number of hydrogen-bond donors (Lipinski definition) is 2. The van der Waals surface area contributed by atoms with Gasteiger partial charge in [-0.1, -0.05) is 0 Å². The Morgan fingerprint density at radius 3 is 0.500 bits per heavy atom. The van der Waals surface area contributed by atoms with Crippen molar-refractivity contribution >= 4 is 40.4 Å². The van der Waals surface area contributed by atoms with Crippen LogP contribution in [-0.4, -0.2) is 69.7 Å². The van der Waals surface area contributed by atoms with Gasteiger partial charge in [-0.2, -0.15) is 0 Å². The van der Waals surface area contributed by atoms with Crippen LogP contribution in [0.15, 0.2) is 0 Å². The van der Waals surface area contributed by atoms with Gasteiger partial charge in [0.15, 0.2) is 0 Å². The SMILES string of the molecule is CC[N+](CC)(CC)CC.CC[N+](CC)(CC)CC.[O]=[Mn](=[O])([O-])[Cl].[O]=[Mn](=[O])([O-])[Cl].[O]=[Mn](=[O])([OH])[Cl].[O]=[Mn](=[O])([OH])[Cl]. The van der Waals surface area contributed by atoms with Crippen LogP contribution in [0.3, 0.4) is 0 Å². The van der Waals surface area contributed by atoms with Crippen LogP contribution in [-0.2, 0) is 79.2 Å². The van der Waals surface area contributed by atoms with Crippen LogP contribution in [0.2, 0.25) is 0 Å². The van der Waals surface area contributed by atoms with Crippen LogP contribution >= 0.6 is 40.4 Å². The van der Waals surface area contributed by atoms with E-state index in [2.05, 4.69) is 95.8 Å². The van der Waals surface area contributed by atoms with Gasteiger partial charge in [-0.05, 0) is 55.4 Å². The molecule has 0 rings (SSSR count). The first-order valence-corrected chi connectivity index (χ1v) is 23.0. The van der Waals surface area contributed by atoms with E-state index < -0.39 is 48.5 Å². The zero-order valence-electron chi connectivity index (χ0n) is 22.6. The molecule has 0 atom stereocenters. The molecule has 0 aromatic carbocycles. The van der Waals surface area contributed by atoms with Gasteiger partial charge in [0.25, 0.3) is 0 Å². The first-order valence-electron chi connectivity index (χ1n) is 10.6. The van der Waals surface area contributed by atoms with Gasteiger partial charge >= 0.3 is 136 Å². The molecule has 0 saturated carbocycles. The molecule has 0 amide bonds. The van der Waals surface area contributed by atoms with E-state index in [1.807, 2.05) is 0 Å². The van der Waals surface area contributed by atoms with Crippen molar-refractivity contribution in [1.82, 2.24) is 0 Å². The number of rotatable bonds is 8. The first kappa shape index (κ1) is 52.1. The standard InChI is InChI=1S/2C8H20N.4ClH.4Mn.2H2O.10O/c2*1-5-9(6-2,7-3)8-4;;;;;;;;;;;;;;;;;;;;/h2*5-8H2,1-4H3;4*1H;;;;;2*1H2;;;;;;;;;;/q2*+1;;;;;2*+1;2*+2;;;;;;;;;;;2*-1/p-6. The second-order valence-electron chi connectivity index (χ2n) is 6.70. The fraction of sp³-hybridized carbons (Fsp3) is 1.00. The van der Waals surface area contributed by atoms with Crippen molar-refractivity contribution in [2.75, 3.05) is 52.4 Å². The number of nitrogens with zero attached hydrogens (tertiary/aromatic N) is 2. The Morgan fingerprint density at radius 2 is 0.500 bits per heavy atom. The molecule has 0 aromatic heterocycles. The molecule has 0 aromatic rings. The predicted molar refractivity (Wildman–Crippen MR) is 118 cm³/mol. The van der Waals surface area contributed by atoms with Gasteiger partial charge in [0.1, 0.15) is 0 Å². The van der Waals surface area contributed by atoms with Crippen LogP contribution in [0, 0.1) is 0 Å². The average molecular weight is 816 g/mol. The van der Waals surface area contributed by atoms with Crippen molar-refractivity contribution in [3.05, 3.63) is 0 Å². The van der Waals surface area contributed by atoms with Crippen LogP contribution in [0.4, 0.5) is 0 Å². The normalized spacial score (nSPS) is 11.8. The number of quaternary nitrogens is 2. The quantitative estimate of drug-likeness (QED) is 0.266. The molecule has 22 heteroatoms. The van der Waals surface area contributed by atoms with Crippen LogP contribution in [0.5, 0.6) is 0 Å². The summed E-state index contributed by atoms with van der Waals surface area (Å²) in [5, 5.41) is 0. The summed E-state index contributed by atoms with van der Waals surface area (Å²) in [6, 6.07) is 0. The van der Waals surface area contributed by atoms with E-state index in [0.29, 0.717) is 0 Å². The Hall–Kier alpha value is 1.40. The Bertz CT molecular complexity index is 763. The zero-order valence-corrected chi connectivity index (χ0v) is 30.3. The third-order valence-corrected chi connectivity index (χ3v) is 5.37. The fourth-order valence-electron chi connectivity index (χ4n) is 2.68. The topological polar surface area (TPSA) is 223 Å². The van der Waals surface area contributed by atoms with Crippen LogP contribution in [0.1, 0.15) is 55.4 Å².